The Morgan fingerprint density at radius 3 is 2.66 bits per heavy atom. The van der Waals surface area contributed by atoms with E-state index in [1.54, 1.807) is 24.5 Å². The van der Waals surface area contributed by atoms with Gasteiger partial charge in [-0.1, -0.05) is 26.8 Å². The second-order valence-electron chi connectivity index (χ2n) is 11.1. The SMILES string of the molecule is [C-]#[N+]CCCP(OC[C@H]1O[C@@H](n2cnc3c(=O)[nH]c(NC(=O)C(C)C)nc32)[C@H](OCC=C)[C@@H]1C)N(C(C)C)C(C)C. The van der Waals surface area contributed by atoms with Gasteiger partial charge in [0.15, 0.2) is 17.4 Å². The van der Waals surface area contributed by atoms with Crippen molar-refractivity contribution in [2.45, 2.75) is 85.4 Å². The molecule has 3 heterocycles. The maximum absolute atomic E-state index is 12.8. The molecule has 0 saturated carbocycles. The van der Waals surface area contributed by atoms with Gasteiger partial charge < -0.3 is 18.8 Å². The number of H-pyrrole nitrogens is 1. The quantitative estimate of drug-likeness (QED) is 0.134. The van der Waals surface area contributed by atoms with E-state index in [0.29, 0.717) is 31.8 Å². The molecular weight excluding hydrogens is 545 g/mol. The minimum Gasteiger partial charge on any atom is -0.369 e. The monoisotopic (exact) mass is 589 g/mol. The Balaban J connectivity index is 1.89. The van der Waals surface area contributed by atoms with Crippen LogP contribution in [0.15, 0.2) is 23.8 Å². The van der Waals surface area contributed by atoms with Gasteiger partial charge in [-0.3, -0.25) is 29.1 Å². The van der Waals surface area contributed by atoms with Crippen LogP contribution in [0.3, 0.4) is 0 Å². The molecule has 226 valence electrons. The summed E-state index contributed by atoms with van der Waals surface area (Å²) in [4.78, 5) is 39.9. The highest BCUT2D eigenvalue weighted by atomic mass is 31.2. The van der Waals surface area contributed by atoms with E-state index in [4.69, 9.17) is 20.6 Å². The number of nitrogens with one attached hydrogen (secondary N) is 2. The predicted octanol–water partition coefficient (Wildman–Crippen LogP) is 4.58. The Morgan fingerprint density at radius 2 is 2.05 bits per heavy atom. The molecule has 0 radical (unpaired) electrons. The average Bonchev–Trinajstić information content (AvgIpc) is 3.46. The van der Waals surface area contributed by atoms with Crippen LogP contribution in [-0.2, 0) is 18.8 Å². The van der Waals surface area contributed by atoms with E-state index in [0.717, 1.165) is 12.6 Å². The number of anilines is 1. The number of hydrogen-bond donors (Lipinski definition) is 2. The van der Waals surface area contributed by atoms with E-state index in [1.807, 2.05) is 0 Å². The number of hydrogen-bond acceptors (Lipinski definition) is 8. The van der Waals surface area contributed by atoms with E-state index in [-0.39, 0.29) is 41.0 Å². The molecule has 2 aromatic heterocycles. The summed E-state index contributed by atoms with van der Waals surface area (Å²) >= 11 is 0. The van der Waals surface area contributed by atoms with Crippen LogP contribution in [0.25, 0.3) is 16.0 Å². The van der Waals surface area contributed by atoms with Crippen molar-refractivity contribution in [1.82, 2.24) is 24.2 Å². The summed E-state index contributed by atoms with van der Waals surface area (Å²) in [6.45, 7) is 26.3. The number of nitrogens with zero attached hydrogens (tertiary/aromatic N) is 5. The Kier molecular flexibility index (Phi) is 12.0. The molecule has 1 fully saturated rings. The average molecular weight is 590 g/mol. The third-order valence-electron chi connectivity index (χ3n) is 6.90. The Morgan fingerprint density at radius 1 is 1.34 bits per heavy atom. The third-order valence-corrected chi connectivity index (χ3v) is 9.49. The second-order valence-corrected chi connectivity index (χ2v) is 12.9. The zero-order valence-corrected chi connectivity index (χ0v) is 26.1. The van der Waals surface area contributed by atoms with Gasteiger partial charge in [-0.15, -0.1) is 6.58 Å². The highest BCUT2D eigenvalue weighted by Gasteiger charge is 2.45. The van der Waals surface area contributed by atoms with Crippen molar-refractivity contribution in [3.05, 3.63) is 40.8 Å². The van der Waals surface area contributed by atoms with Crippen LogP contribution in [0, 0.1) is 18.4 Å². The molecule has 5 atom stereocenters. The van der Waals surface area contributed by atoms with Crippen LogP contribution in [-0.4, -0.2) is 80.3 Å². The summed E-state index contributed by atoms with van der Waals surface area (Å²) in [5.41, 5.74) is -0.0421. The van der Waals surface area contributed by atoms with Gasteiger partial charge in [0.25, 0.3) is 5.56 Å². The first-order valence-corrected chi connectivity index (χ1v) is 15.6. The maximum Gasteiger partial charge on any atom is 0.280 e. The van der Waals surface area contributed by atoms with Gasteiger partial charge in [-0.25, -0.2) is 11.6 Å². The van der Waals surface area contributed by atoms with Gasteiger partial charge in [0.1, 0.15) is 14.4 Å². The molecule has 2 aromatic rings. The van der Waals surface area contributed by atoms with Crippen LogP contribution in [0.2, 0.25) is 0 Å². The van der Waals surface area contributed by atoms with Gasteiger partial charge in [0, 0.05) is 36.5 Å². The molecule has 1 amide bonds. The number of imidazole rings is 1. The summed E-state index contributed by atoms with van der Waals surface area (Å²) in [5.74, 6) is -0.568. The Hall–Kier alpha value is -2.68. The smallest absolute Gasteiger partial charge is 0.280 e. The van der Waals surface area contributed by atoms with Crippen LogP contribution in [0.4, 0.5) is 5.95 Å². The van der Waals surface area contributed by atoms with Crippen molar-refractivity contribution in [3.63, 3.8) is 0 Å². The highest BCUT2D eigenvalue weighted by Crippen LogP contribution is 2.47. The van der Waals surface area contributed by atoms with Gasteiger partial charge in [0.05, 0.1) is 25.6 Å². The first kappa shape index (κ1) is 32.8. The Bertz CT molecular complexity index is 1260. The number of carbonyl (C=O) groups is 1. The van der Waals surface area contributed by atoms with Crippen LogP contribution < -0.4 is 10.9 Å². The minimum atomic E-state index is -0.949. The number of aromatic nitrogens is 4. The number of amides is 1. The van der Waals surface area contributed by atoms with E-state index in [9.17, 15) is 9.59 Å². The first-order chi connectivity index (χ1) is 19.5. The number of carbonyl (C=O) groups excluding carboxylic acids is 1. The number of fused-ring (bicyclic) bond motifs is 1. The fourth-order valence-electron chi connectivity index (χ4n) is 4.92. The minimum absolute atomic E-state index is 0.0463. The standard InChI is InChI=1S/C28H44N7O5P/c1-10-13-38-23-20(8)21(15-39-41(14-11-12-29-9)35(18(4)5)19(6)7)40-27(23)34-16-30-22-24(34)31-28(33-26(22)37)32-25(36)17(2)3/h10,16-21,23,27H,1,11-15H2,2-8H3,(H2,31,32,33,36,37)/t20-,21-,23-,27-,41?/m1/s1. The van der Waals surface area contributed by atoms with Gasteiger partial charge in [0.2, 0.25) is 18.4 Å². The fourth-order valence-corrected chi connectivity index (χ4v) is 7.17. The van der Waals surface area contributed by atoms with Crippen molar-refractivity contribution in [3.8, 4) is 0 Å². The number of aromatic amines is 1. The molecule has 0 bridgehead atoms. The summed E-state index contributed by atoms with van der Waals surface area (Å²) in [5, 5.41) is 2.65. The molecule has 41 heavy (non-hydrogen) atoms. The first-order valence-electron chi connectivity index (χ1n) is 14.2. The lowest BCUT2D eigenvalue weighted by Crippen LogP contribution is -2.35. The molecule has 13 heteroatoms. The zero-order valence-electron chi connectivity index (χ0n) is 25.2. The van der Waals surface area contributed by atoms with Gasteiger partial charge in [-0.2, -0.15) is 4.98 Å². The molecule has 0 aromatic carbocycles. The zero-order chi connectivity index (χ0) is 30.3. The van der Waals surface area contributed by atoms with E-state index >= 15 is 0 Å². The maximum atomic E-state index is 12.8. The lowest BCUT2D eigenvalue weighted by atomic mass is 10.0. The van der Waals surface area contributed by atoms with Crippen molar-refractivity contribution in [1.29, 1.82) is 0 Å². The van der Waals surface area contributed by atoms with Crippen LogP contribution >= 0.6 is 8.30 Å². The highest BCUT2D eigenvalue weighted by molar-refractivity contribution is 7.50. The number of ether oxygens (including phenoxy) is 2. The fraction of sp³-hybridized carbons (Fsp3) is 0.679. The topological polar surface area (TPSA) is 128 Å². The normalized spacial score (nSPS) is 21.7. The summed E-state index contributed by atoms with van der Waals surface area (Å²) in [7, 11) is -0.949. The van der Waals surface area contributed by atoms with Gasteiger partial charge >= 0.3 is 0 Å². The molecule has 1 saturated heterocycles. The lowest BCUT2D eigenvalue weighted by Gasteiger charge is -2.37. The van der Waals surface area contributed by atoms with Crippen LogP contribution in [0.1, 0.15) is 61.1 Å². The largest absolute Gasteiger partial charge is 0.369 e. The summed E-state index contributed by atoms with van der Waals surface area (Å²) < 4.78 is 23.4. The summed E-state index contributed by atoms with van der Waals surface area (Å²) in [6.07, 6.45) is 3.45. The third kappa shape index (κ3) is 7.99. The molecule has 1 aliphatic rings. The molecule has 2 N–H and O–H groups in total. The van der Waals surface area contributed by atoms with Crippen molar-refractivity contribution in [2.24, 2.45) is 11.8 Å². The van der Waals surface area contributed by atoms with E-state index in [1.165, 1.54) is 6.33 Å². The molecular formula is C28H44N7O5P. The summed E-state index contributed by atoms with van der Waals surface area (Å²) in [6, 6.07) is 0.582. The molecule has 0 spiro atoms. The van der Waals surface area contributed by atoms with Gasteiger partial charge in [-0.05, 0) is 27.7 Å². The van der Waals surface area contributed by atoms with E-state index < -0.39 is 26.2 Å². The van der Waals surface area contributed by atoms with Crippen molar-refractivity contribution < 1.29 is 18.8 Å². The Labute approximate surface area is 243 Å². The lowest BCUT2D eigenvalue weighted by molar-refractivity contribution is -0.118. The molecule has 3 rings (SSSR count). The van der Waals surface area contributed by atoms with Crippen LogP contribution in [0.5, 0.6) is 0 Å². The molecule has 1 aliphatic heterocycles. The number of rotatable bonds is 15. The molecule has 1 unspecified atom stereocenters. The molecule has 12 nitrogen and oxygen atoms in total. The second kappa shape index (κ2) is 15.0. The van der Waals surface area contributed by atoms with Crippen molar-refractivity contribution >= 4 is 31.3 Å². The molecule has 0 aliphatic carbocycles. The van der Waals surface area contributed by atoms with Crippen molar-refractivity contribution in [2.75, 3.05) is 31.2 Å². The predicted molar refractivity (Wildman–Crippen MR) is 161 cm³/mol. The van der Waals surface area contributed by atoms with E-state index in [2.05, 4.69) is 71.0 Å².